The van der Waals surface area contributed by atoms with Crippen LogP contribution in [0.5, 0.6) is 5.75 Å². The monoisotopic (exact) mass is 723 g/mol. The molecular weight excluding hydrogens is 670 g/mol. The van der Waals surface area contributed by atoms with E-state index in [2.05, 4.69) is 53.6 Å². The number of likely N-dealkylation sites (N-methyl/N-ethyl adjacent to an activating group) is 1. The third-order valence-corrected chi connectivity index (χ3v) is 9.05. The Morgan fingerprint density at radius 2 is 1.43 bits per heavy atom. The molecule has 3 atom stereocenters. The Hall–Kier alpha value is -5.13. The lowest BCUT2D eigenvalue weighted by Crippen LogP contribution is -2.57. The quantitative estimate of drug-likeness (QED) is 0.0553. The number of hydrogen-bond acceptors (Lipinski definition) is 8. The molecule has 3 unspecified atom stereocenters. The number of benzene rings is 3. The molecule has 4 rings (SSSR count). The van der Waals surface area contributed by atoms with Gasteiger partial charge < -0.3 is 25.6 Å². The Kier molecular flexibility index (Phi) is 15.1. The molecule has 53 heavy (non-hydrogen) atoms. The summed E-state index contributed by atoms with van der Waals surface area (Å²) in [6.45, 7) is 9.17. The maximum atomic E-state index is 13.4. The Bertz CT molecular complexity index is 1750. The van der Waals surface area contributed by atoms with Crippen molar-refractivity contribution >= 4 is 17.8 Å². The van der Waals surface area contributed by atoms with Gasteiger partial charge in [-0.25, -0.2) is 9.97 Å². The van der Waals surface area contributed by atoms with Crippen molar-refractivity contribution in [3.63, 3.8) is 0 Å². The van der Waals surface area contributed by atoms with E-state index in [0.29, 0.717) is 18.0 Å². The minimum atomic E-state index is -1.46. The van der Waals surface area contributed by atoms with Crippen LogP contribution in [0.4, 0.5) is 0 Å². The fourth-order valence-corrected chi connectivity index (χ4v) is 5.82. The second-order valence-corrected chi connectivity index (χ2v) is 14.3. The first-order valence-electron chi connectivity index (χ1n) is 18.3. The molecular formula is C42H53N5O6. The molecule has 0 bridgehead atoms. The van der Waals surface area contributed by atoms with Gasteiger partial charge in [-0.15, -0.1) is 0 Å². The number of aliphatic hydroxyl groups excluding tert-OH is 1. The van der Waals surface area contributed by atoms with E-state index in [1.807, 2.05) is 60.7 Å². The van der Waals surface area contributed by atoms with Gasteiger partial charge >= 0.3 is 5.97 Å². The summed E-state index contributed by atoms with van der Waals surface area (Å²) in [4.78, 5) is 46.5. The van der Waals surface area contributed by atoms with Crippen molar-refractivity contribution in [3.8, 4) is 28.3 Å². The molecule has 0 saturated heterocycles. The number of nitrogens with one attached hydrogen (secondary N) is 3. The summed E-state index contributed by atoms with van der Waals surface area (Å²) in [5, 5.41) is 28.6. The number of carbonyl (C=O) groups excluding carboxylic acids is 2. The van der Waals surface area contributed by atoms with Gasteiger partial charge in [-0.3, -0.25) is 19.7 Å². The van der Waals surface area contributed by atoms with Crippen LogP contribution in [-0.2, 0) is 21.4 Å². The molecule has 282 valence electrons. The predicted molar refractivity (Wildman–Crippen MR) is 207 cm³/mol. The molecule has 0 saturated carbocycles. The van der Waals surface area contributed by atoms with E-state index in [0.717, 1.165) is 40.0 Å². The number of ether oxygens (including phenoxy) is 1. The number of aromatic nitrogens is 2. The molecule has 11 heteroatoms. The van der Waals surface area contributed by atoms with Gasteiger partial charge in [-0.05, 0) is 59.2 Å². The molecule has 0 aliphatic carbocycles. The summed E-state index contributed by atoms with van der Waals surface area (Å²) in [6.07, 6.45) is 7.69. The number of rotatable bonds is 19. The van der Waals surface area contributed by atoms with E-state index in [4.69, 9.17) is 4.74 Å². The second kappa shape index (κ2) is 19.6. The number of aliphatic carboxylic acids is 1. The van der Waals surface area contributed by atoms with Crippen LogP contribution in [0.15, 0.2) is 85.2 Å². The maximum Gasteiger partial charge on any atom is 0.305 e. The van der Waals surface area contributed by atoms with E-state index in [9.17, 15) is 24.6 Å². The Balaban J connectivity index is 1.44. The molecule has 0 radical (unpaired) electrons. The van der Waals surface area contributed by atoms with Crippen molar-refractivity contribution in [2.75, 3.05) is 13.7 Å². The van der Waals surface area contributed by atoms with Crippen LogP contribution in [0.3, 0.4) is 0 Å². The second-order valence-electron chi connectivity index (χ2n) is 14.3. The normalized spacial score (nSPS) is 13.1. The van der Waals surface area contributed by atoms with Crippen molar-refractivity contribution in [2.45, 2.75) is 96.4 Å². The third-order valence-electron chi connectivity index (χ3n) is 9.05. The summed E-state index contributed by atoms with van der Waals surface area (Å²) in [7, 11) is 1.38. The highest BCUT2D eigenvalue weighted by atomic mass is 16.5. The number of amides is 2. The lowest BCUT2D eigenvalue weighted by molar-refractivity contribution is -0.140. The Morgan fingerprint density at radius 3 is 2.02 bits per heavy atom. The number of hydrogen-bond donors (Lipinski definition) is 5. The predicted octanol–water partition coefficient (Wildman–Crippen LogP) is 6.30. The van der Waals surface area contributed by atoms with Gasteiger partial charge in [0, 0.05) is 36.1 Å². The van der Waals surface area contributed by atoms with Gasteiger partial charge in [0.1, 0.15) is 12.0 Å². The highest BCUT2D eigenvalue weighted by Gasteiger charge is 2.29. The van der Waals surface area contributed by atoms with Crippen molar-refractivity contribution in [1.29, 1.82) is 0 Å². The summed E-state index contributed by atoms with van der Waals surface area (Å²) in [5.74, 6) is -0.853. The van der Waals surface area contributed by atoms with Crippen LogP contribution in [0.2, 0.25) is 0 Å². The fourth-order valence-electron chi connectivity index (χ4n) is 5.82. The van der Waals surface area contributed by atoms with E-state index in [1.54, 1.807) is 24.5 Å². The van der Waals surface area contributed by atoms with Crippen molar-refractivity contribution in [2.24, 2.45) is 0 Å². The van der Waals surface area contributed by atoms with E-state index in [1.165, 1.54) is 32.7 Å². The molecule has 3 aromatic carbocycles. The molecule has 0 aliphatic heterocycles. The molecule has 11 nitrogen and oxygen atoms in total. The van der Waals surface area contributed by atoms with Gasteiger partial charge in [0.05, 0.1) is 25.1 Å². The first-order chi connectivity index (χ1) is 25.4. The molecule has 0 aliphatic rings. The Labute approximate surface area is 312 Å². The summed E-state index contributed by atoms with van der Waals surface area (Å²) >= 11 is 0. The number of carboxylic acid groups (broad SMARTS) is 1. The molecule has 4 aromatic rings. The first-order valence-corrected chi connectivity index (χ1v) is 18.3. The van der Waals surface area contributed by atoms with Crippen LogP contribution in [0, 0.1) is 0 Å². The summed E-state index contributed by atoms with van der Waals surface area (Å²) in [6, 6.07) is 20.4. The van der Waals surface area contributed by atoms with Crippen LogP contribution in [-0.4, -0.2) is 69.9 Å². The minimum absolute atomic E-state index is 0.0926. The molecule has 1 heterocycles. The van der Waals surface area contributed by atoms with Crippen LogP contribution >= 0.6 is 0 Å². The summed E-state index contributed by atoms with van der Waals surface area (Å²) < 4.78 is 5.89. The Morgan fingerprint density at radius 1 is 0.811 bits per heavy atom. The average molecular weight is 724 g/mol. The fraction of sp³-hybridized carbons (Fsp3) is 0.405. The van der Waals surface area contributed by atoms with Crippen LogP contribution in [0.1, 0.15) is 87.7 Å². The minimum Gasteiger partial charge on any atom is -0.494 e. The van der Waals surface area contributed by atoms with Crippen molar-refractivity contribution in [1.82, 2.24) is 25.9 Å². The number of carbonyl (C=O) groups is 3. The SMILES string of the molecule is CCCCCCCOc1ccc(-c2cnc(-c3ccc(CC(NC(=O)c4ccc(C(C)(C)C)cc4)C(O)NC(CC(=O)O)C(=O)NC)cc3)nc2)cc1. The van der Waals surface area contributed by atoms with Crippen molar-refractivity contribution in [3.05, 3.63) is 102 Å². The lowest BCUT2D eigenvalue weighted by atomic mass is 9.86. The van der Waals surface area contributed by atoms with Gasteiger partial charge in [-0.2, -0.15) is 0 Å². The van der Waals surface area contributed by atoms with E-state index >= 15 is 0 Å². The van der Waals surface area contributed by atoms with Crippen LogP contribution < -0.4 is 20.7 Å². The maximum absolute atomic E-state index is 13.4. The summed E-state index contributed by atoms with van der Waals surface area (Å²) in [5.41, 5.74) is 4.79. The number of aliphatic hydroxyl groups is 1. The van der Waals surface area contributed by atoms with E-state index < -0.39 is 42.5 Å². The topological polar surface area (TPSA) is 163 Å². The standard InChI is InChI=1S/C42H53N5O6/c1-6-7-8-9-10-23-53-34-21-17-29(18-22-34)32-26-44-38(45-27-32)30-13-11-28(12-14-30)24-35(41(52)47-36(25-37(48)49)40(51)43-5)46-39(50)31-15-19-33(20-16-31)42(2,3)4/h11-22,26-27,35-36,41,47,52H,6-10,23-25H2,1-5H3,(H,43,51)(H,46,50)(H,48,49). The highest BCUT2D eigenvalue weighted by molar-refractivity contribution is 5.94. The third kappa shape index (κ3) is 12.5. The van der Waals surface area contributed by atoms with Gasteiger partial charge in [-0.1, -0.05) is 102 Å². The lowest BCUT2D eigenvalue weighted by Gasteiger charge is -2.28. The molecule has 5 N–H and O–H groups in total. The van der Waals surface area contributed by atoms with Crippen LogP contribution in [0.25, 0.3) is 22.5 Å². The molecule has 0 fully saturated rings. The van der Waals surface area contributed by atoms with Gasteiger partial charge in [0.2, 0.25) is 5.91 Å². The van der Waals surface area contributed by atoms with E-state index in [-0.39, 0.29) is 11.8 Å². The zero-order chi connectivity index (χ0) is 38.4. The number of unbranched alkanes of at least 4 members (excludes halogenated alkanes) is 4. The molecule has 0 spiro atoms. The van der Waals surface area contributed by atoms with Crippen molar-refractivity contribution < 1.29 is 29.3 Å². The zero-order valence-electron chi connectivity index (χ0n) is 31.4. The largest absolute Gasteiger partial charge is 0.494 e. The molecule has 2 amide bonds. The average Bonchev–Trinajstić information content (AvgIpc) is 3.15. The zero-order valence-corrected chi connectivity index (χ0v) is 31.4. The first kappa shape index (κ1) is 40.6. The van der Waals surface area contributed by atoms with Gasteiger partial charge in [0.25, 0.3) is 5.91 Å². The number of nitrogens with zero attached hydrogens (tertiary/aromatic N) is 2. The molecule has 1 aromatic heterocycles. The number of carboxylic acids is 1. The van der Waals surface area contributed by atoms with Gasteiger partial charge in [0.15, 0.2) is 5.82 Å². The highest BCUT2D eigenvalue weighted by Crippen LogP contribution is 2.25. The smallest absolute Gasteiger partial charge is 0.305 e.